The molecule has 0 saturated carbocycles. The highest BCUT2D eigenvalue weighted by Crippen LogP contribution is 2.20. The number of benzene rings is 1. The van der Waals surface area contributed by atoms with E-state index < -0.39 is 0 Å². The molecule has 2 aromatic rings. The largest absolute Gasteiger partial charge is 0.313 e. The van der Waals surface area contributed by atoms with Gasteiger partial charge in [-0.2, -0.15) is 0 Å². The van der Waals surface area contributed by atoms with Crippen molar-refractivity contribution in [1.29, 1.82) is 5.41 Å². The van der Waals surface area contributed by atoms with Crippen molar-refractivity contribution in [2.45, 2.75) is 13.8 Å². The number of nitrogens with zero attached hydrogens (tertiary/aromatic N) is 2. The van der Waals surface area contributed by atoms with E-state index in [0.717, 1.165) is 16.6 Å². The number of nitrogens with one attached hydrogen (secondary N) is 2. The number of aromatic nitrogens is 2. The fourth-order valence-corrected chi connectivity index (χ4v) is 1.65. The molecular weight excluding hydrogens is 224 g/mol. The summed E-state index contributed by atoms with van der Waals surface area (Å²) < 4.78 is 0. The molecule has 0 atom stereocenters. The van der Waals surface area contributed by atoms with Crippen molar-refractivity contribution in [1.82, 2.24) is 9.97 Å². The standard InChI is InChI=1S/C11H11ClN4/c1-6-9-4-3-8(12)5-10(9)16-11(14-6)15-7(2)13/h3-5H,1-2H3,(H2,13,14,15,16). The molecule has 0 amide bonds. The molecule has 1 heterocycles. The number of fused-ring (bicyclic) bond motifs is 1. The van der Waals surface area contributed by atoms with E-state index in [-0.39, 0.29) is 0 Å². The van der Waals surface area contributed by atoms with Crippen LogP contribution in [0.3, 0.4) is 0 Å². The molecule has 1 aromatic carbocycles. The highest BCUT2D eigenvalue weighted by atomic mass is 35.5. The summed E-state index contributed by atoms with van der Waals surface area (Å²) in [6.07, 6.45) is 0. The Kier molecular flexibility index (Phi) is 2.75. The maximum absolute atomic E-state index is 7.34. The molecule has 0 saturated heterocycles. The van der Waals surface area contributed by atoms with E-state index in [1.807, 2.05) is 19.1 Å². The van der Waals surface area contributed by atoms with Crippen molar-refractivity contribution in [3.05, 3.63) is 28.9 Å². The van der Waals surface area contributed by atoms with Crippen LogP contribution < -0.4 is 5.32 Å². The average molecular weight is 235 g/mol. The molecule has 0 aliphatic rings. The number of hydrogen-bond acceptors (Lipinski definition) is 3. The van der Waals surface area contributed by atoms with Gasteiger partial charge in [-0.1, -0.05) is 11.6 Å². The van der Waals surface area contributed by atoms with Gasteiger partial charge in [0.2, 0.25) is 5.95 Å². The zero-order chi connectivity index (χ0) is 11.7. The van der Waals surface area contributed by atoms with E-state index in [2.05, 4.69) is 15.3 Å². The SMILES string of the molecule is CC(=N)Nc1nc(C)c2ccc(Cl)cc2n1. The molecule has 0 bridgehead atoms. The lowest BCUT2D eigenvalue weighted by atomic mass is 10.2. The van der Waals surface area contributed by atoms with Crippen LogP contribution in [0.5, 0.6) is 0 Å². The maximum Gasteiger partial charge on any atom is 0.228 e. The first-order valence-corrected chi connectivity index (χ1v) is 5.20. The summed E-state index contributed by atoms with van der Waals surface area (Å²) in [5, 5.41) is 11.7. The Morgan fingerprint density at radius 1 is 1.38 bits per heavy atom. The maximum atomic E-state index is 7.34. The molecule has 2 rings (SSSR count). The minimum atomic E-state index is 0.306. The summed E-state index contributed by atoms with van der Waals surface area (Å²) in [6, 6.07) is 5.50. The van der Waals surface area contributed by atoms with Gasteiger partial charge in [0.15, 0.2) is 0 Å². The number of aryl methyl sites for hydroxylation is 1. The Balaban J connectivity index is 2.60. The predicted molar refractivity (Wildman–Crippen MR) is 66.3 cm³/mol. The van der Waals surface area contributed by atoms with Gasteiger partial charge in [0.05, 0.1) is 17.0 Å². The van der Waals surface area contributed by atoms with E-state index in [0.29, 0.717) is 16.8 Å². The highest BCUT2D eigenvalue weighted by molar-refractivity contribution is 6.31. The van der Waals surface area contributed by atoms with E-state index in [9.17, 15) is 0 Å². The van der Waals surface area contributed by atoms with Crippen LogP contribution in [0.4, 0.5) is 5.95 Å². The second-order valence-corrected chi connectivity index (χ2v) is 3.98. The van der Waals surface area contributed by atoms with Crippen LogP contribution in [0.25, 0.3) is 10.9 Å². The Bertz CT molecular complexity index is 565. The Morgan fingerprint density at radius 3 is 2.81 bits per heavy atom. The molecule has 4 nitrogen and oxygen atoms in total. The summed E-state index contributed by atoms with van der Waals surface area (Å²) in [5.74, 6) is 0.737. The third-order valence-corrected chi connectivity index (χ3v) is 2.38. The van der Waals surface area contributed by atoms with Crippen molar-refractivity contribution >= 4 is 34.3 Å². The predicted octanol–water partition coefficient (Wildman–Crippen LogP) is 3.00. The summed E-state index contributed by atoms with van der Waals surface area (Å²) in [5.41, 5.74) is 1.65. The number of anilines is 1. The lowest BCUT2D eigenvalue weighted by Crippen LogP contribution is -2.09. The molecule has 0 unspecified atom stereocenters. The number of halogens is 1. The lowest BCUT2D eigenvalue weighted by Gasteiger charge is -2.06. The van der Waals surface area contributed by atoms with Gasteiger partial charge in [-0.15, -0.1) is 0 Å². The van der Waals surface area contributed by atoms with Crippen molar-refractivity contribution in [3.8, 4) is 0 Å². The zero-order valence-corrected chi connectivity index (χ0v) is 9.76. The molecule has 0 fully saturated rings. The number of amidine groups is 1. The Labute approximate surface area is 98.2 Å². The summed E-state index contributed by atoms with van der Waals surface area (Å²) >= 11 is 5.91. The van der Waals surface area contributed by atoms with Crippen molar-refractivity contribution < 1.29 is 0 Å². The zero-order valence-electron chi connectivity index (χ0n) is 9.00. The summed E-state index contributed by atoms with van der Waals surface area (Å²) in [4.78, 5) is 8.55. The third kappa shape index (κ3) is 2.12. The van der Waals surface area contributed by atoms with Gasteiger partial charge in [-0.05, 0) is 32.0 Å². The molecule has 0 radical (unpaired) electrons. The topological polar surface area (TPSA) is 61.7 Å². The van der Waals surface area contributed by atoms with Crippen LogP contribution in [0, 0.1) is 12.3 Å². The number of hydrogen-bond donors (Lipinski definition) is 2. The normalized spacial score (nSPS) is 10.4. The van der Waals surface area contributed by atoms with Gasteiger partial charge in [-0.25, -0.2) is 9.97 Å². The third-order valence-electron chi connectivity index (χ3n) is 2.15. The van der Waals surface area contributed by atoms with Gasteiger partial charge in [0.1, 0.15) is 0 Å². The quantitative estimate of drug-likeness (QED) is 0.589. The van der Waals surface area contributed by atoms with Crippen LogP contribution in [-0.4, -0.2) is 15.8 Å². The molecule has 2 N–H and O–H groups in total. The number of rotatable bonds is 1. The highest BCUT2D eigenvalue weighted by Gasteiger charge is 2.04. The first-order chi connectivity index (χ1) is 7.56. The van der Waals surface area contributed by atoms with Crippen molar-refractivity contribution in [2.24, 2.45) is 0 Å². The van der Waals surface area contributed by atoms with Gasteiger partial charge in [-0.3, -0.25) is 5.41 Å². The van der Waals surface area contributed by atoms with Crippen LogP contribution in [-0.2, 0) is 0 Å². The van der Waals surface area contributed by atoms with Gasteiger partial charge >= 0.3 is 0 Å². The monoisotopic (exact) mass is 234 g/mol. The van der Waals surface area contributed by atoms with E-state index in [1.165, 1.54) is 0 Å². The lowest BCUT2D eigenvalue weighted by molar-refractivity contribution is 1.15. The fraction of sp³-hybridized carbons (Fsp3) is 0.182. The van der Waals surface area contributed by atoms with E-state index >= 15 is 0 Å². The van der Waals surface area contributed by atoms with E-state index in [1.54, 1.807) is 13.0 Å². The Hall–Kier alpha value is -1.68. The average Bonchev–Trinajstić information content (AvgIpc) is 2.15. The Morgan fingerprint density at radius 2 is 2.12 bits per heavy atom. The first kappa shape index (κ1) is 10.8. The minimum Gasteiger partial charge on any atom is -0.313 e. The first-order valence-electron chi connectivity index (χ1n) is 4.82. The molecule has 0 spiro atoms. The molecule has 0 aliphatic carbocycles. The molecule has 82 valence electrons. The second-order valence-electron chi connectivity index (χ2n) is 3.54. The van der Waals surface area contributed by atoms with E-state index in [4.69, 9.17) is 17.0 Å². The molecule has 5 heteroatoms. The van der Waals surface area contributed by atoms with Crippen LogP contribution >= 0.6 is 11.6 Å². The summed E-state index contributed by atoms with van der Waals surface area (Å²) in [7, 11) is 0. The second kappa shape index (κ2) is 4.06. The van der Waals surface area contributed by atoms with Crippen LogP contribution in [0.2, 0.25) is 5.02 Å². The molecule has 16 heavy (non-hydrogen) atoms. The molecule has 0 aliphatic heterocycles. The van der Waals surface area contributed by atoms with Gasteiger partial charge < -0.3 is 5.32 Å². The van der Waals surface area contributed by atoms with Crippen molar-refractivity contribution in [3.63, 3.8) is 0 Å². The van der Waals surface area contributed by atoms with Gasteiger partial charge in [0, 0.05) is 10.4 Å². The van der Waals surface area contributed by atoms with Crippen molar-refractivity contribution in [2.75, 3.05) is 5.32 Å². The summed E-state index contributed by atoms with van der Waals surface area (Å²) in [6.45, 7) is 3.54. The van der Waals surface area contributed by atoms with Gasteiger partial charge in [0.25, 0.3) is 0 Å². The van der Waals surface area contributed by atoms with Crippen LogP contribution in [0.15, 0.2) is 18.2 Å². The fourth-order valence-electron chi connectivity index (χ4n) is 1.49. The minimum absolute atomic E-state index is 0.306. The molecule has 1 aromatic heterocycles. The smallest absolute Gasteiger partial charge is 0.228 e. The molecular formula is C11H11ClN4. The van der Waals surface area contributed by atoms with Crippen LogP contribution in [0.1, 0.15) is 12.6 Å².